The first-order valence-corrected chi connectivity index (χ1v) is 4.41. The Morgan fingerprint density at radius 3 is 3.07 bits per heavy atom. The molecule has 1 aliphatic rings. The van der Waals surface area contributed by atoms with Crippen molar-refractivity contribution in [3.8, 4) is 0 Å². The third-order valence-electron chi connectivity index (χ3n) is 2.43. The van der Waals surface area contributed by atoms with Crippen LogP contribution in [0.5, 0.6) is 0 Å². The summed E-state index contributed by atoms with van der Waals surface area (Å²) in [6.07, 6.45) is 1.59. The van der Waals surface area contributed by atoms with Crippen LogP contribution >= 0.6 is 0 Å². The molecule has 2 aromatic rings. The van der Waals surface area contributed by atoms with Crippen LogP contribution in [0.4, 0.5) is 0 Å². The molecule has 2 heterocycles. The molecule has 0 saturated heterocycles. The number of para-hydroxylation sites is 1. The van der Waals surface area contributed by atoms with Crippen LogP contribution in [0, 0.1) is 0 Å². The Labute approximate surface area is 79.7 Å². The average Bonchev–Trinajstić information content (AvgIpc) is 2.67. The number of hydrogen-bond acceptors (Lipinski definition) is 3. The summed E-state index contributed by atoms with van der Waals surface area (Å²) in [5.74, 6) is 0. The van der Waals surface area contributed by atoms with Gasteiger partial charge in [0, 0.05) is 17.2 Å². The summed E-state index contributed by atoms with van der Waals surface area (Å²) >= 11 is 0. The van der Waals surface area contributed by atoms with Crippen LogP contribution in [-0.4, -0.2) is 6.21 Å². The van der Waals surface area contributed by atoms with Crippen LogP contribution in [0.2, 0.25) is 0 Å². The van der Waals surface area contributed by atoms with Crippen molar-refractivity contribution in [3.05, 3.63) is 45.8 Å². The summed E-state index contributed by atoms with van der Waals surface area (Å²) in [6.45, 7) is 0.585. The van der Waals surface area contributed by atoms with Crippen molar-refractivity contribution in [2.75, 3.05) is 0 Å². The first kappa shape index (κ1) is 7.50. The highest BCUT2D eigenvalue weighted by Gasteiger charge is 2.15. The second-order valence-corrected chi connectivity index (χ2v) is 3.25. The fourth-order valence-corrected chi connectivity index (χ4v) is 1.76. The van der Waals surface area contributed by atoms with Crippen molar-refractivity contribution in [1.29, 1.82) is 0 Å². The Kier molecular flexibility index (Phi) is 1.36. The van der Waals surface area contributed by atoms with Gasteiger partial charge in [0.15, 0.2) is 0 Å². The van der Waals surface area contributed by atoms with Crippen molar-refractivity contribution in [2.24, 2.45) is 4.99 Å². The lowest BCUT2D eigenvalue weighted by Gasteiger charge is -2.01. The van der Waals surface area contributed by atoms with Crippen LogP contribution in [0.25, 0.3) is 11.0 Å². The molecular weight excluding hydrogens is 178 g/mol. The summed E-state index contributed by atoms with van der Waals surface area (Å²) in [5.41, 5.74) is 1.93. The van der Waals surface area contributed by atoms with E-state index in [0.717, 1.165) is 10.9 Å². The third kappa shape index (κ3) is 0.865. The standard InChI is InChI=1S/C11H7NO2/c13-11-9-6-12-5-8(9)7-3-1-2-4-10(7)14-11/h1-4,6H,5H2. The van der Waals surface area contributed by atoms with Crippen LogP contribution in [0.1, 0.15) is 11.1 Å². The van der Waals surface area contributed by atoms with Gasteiger partial charge < -0.3 is 4.42 Å². The Hall–Kier alpha value is -1.90. The highest BCUT2D eigenvalue weighted by atomic mass is 16.4. The predicted octanol–water partition coefficient (Wildman–Crippen LogP) is 1.73. The average molecular weight is 185 g/mol. The molecule has 1 aromatic carbocycles. The van der Waals surface area contributed by atoms with E-state index in [2.05, 4.69) is 4.99 Å². The minimum absolute atomic E-state index is 0.292. The Balaban J connectivity index is 2.55. The van der Waals surface area contributed by atoms with Gasteiger partial charge in [-0.15, -0.1) is 0 Å². The number of fused-ring (bicyclic) bond motifs is 3. The zero-order valence-corrected chi connectivity index (χ0v) is 7.36. The highest BCUT2D eigenvalue weighted by molar-refractivity contribution is 5.92. The molecule has 14 heavy (non-hydrogen) atoms. The first-order valence-electron chi connectivity index (χ1n) is 4.41. The molecule has 0 fully saturated rings. The highest BCUT2D eigenvalue weighted by Crippen LogP contribution is 2.22. The van der Waals surface area contributed by atoms with Crippen molar-refractivity contribution < 1.29 is 4.42 Å². The number of rotatable bonds is 0. The van der Waals surface area contributed by atoms with Gasteiger partial charge in [-0.05, 0) is 6.07 Å². The van der Waals surface area contributed by atoms with E-state index < -0.39 is 0 Å². The predicted molar refractivity (Wildman–Crippen MR) is 53.8 cm³/mol. The van der Waals surface area contributed by atoms with Crippen molar-refractivity contribution >= 4 is 17.2 Å². The zero-order chi connectivity index (χ0) is 9.54. The van der Waals surface area contributed by atoms with E-state index in [0.29, 0.717) is 17.7 Å². The Morgan fingerprint density at radius 2 is 2.14 bits per heavy atom. The summed E-state index contributed by atoms with van der Waals surface area (Å²) in [6, 6.07) is 7.54. The Morgan fingerprint density at radius 1 is 1.29 bits per heavy atom. The van der Waals surface area contributed by atoms with E-state index in [1.54, 1.807) is 12.3 Å². The number of nitrogens with zero attached hydrogens (tertiary/aromatic N) is 1. The van der Waals surface area contributed by atoms with Crippen LogP contribution < -0.4 is 5.63 Å². The van der Waals surface area contributed by atoms with E-state index in [9.17, 15) is 4.79 Å². The molecule has 0 atom stereocenters. The largest absolute Gasteiger partial charge is 0.422 e. The maximum absolute atomic E-state index is 11.5. The minimum atomic E-state index is -0.292. The maximum Gasteiger partial charge on any atom is 0.345 e. The number of hydrogen-bond donors (Lipinski definition) is 0. The van der Waals surface area contributed by atoms with Crippen molar-refractivity contribution in [2.45, 2.75) is 6.54 Å². The van der Waals surface area contributed by atoms with Gasteiger partial charge >= 0.3 is 5.63 Å². The lowest BCUT2D eigenvalue weighted by molar-refractivity contribution is 0.559. The van der Waals surface area contributed by atoms with Crippen molar-refractivity contribution in [3.63, 3.8) is 0 Å². The minimum Gasteiger partial charge on any atom is -0.422 e. The summed E-state index contributed by atoms with van der Waals surface area (Å²) < 4.78 is 5.16. The molecule has 68 valence electrons. The molecule has 0 N–H and O–H groups in total. The second kappa shape index (κ2) is 2.54. The monoisotopic (exact) mass is 185 g/mol. The molecule has 3 nitrogen and oxygen atoms in total. The van der Waals surface area contributed by atoms with E-state index in [-0.39, 0.29) is 5.63 Å². The van der Waals surface area contributed by atoms with E-state index in [4.69, 9.17) is 4.42 Å². The fourth-order valence-electron chi connectivity index (χ4n) is 1.76. The normalized spacial score (nSPS) is 13.4. The molecule has 0 bridgehead atoms. The lowest BCUT2D eigenvalue weighted by atomic mass is 10.1. The van der Waals surface area contributed by atoms with E-state index >= 15 is 0 Å². The summed E-state index contributed by atoms with van der Waals surface area (Å²) in [5, 5.41) is 0.986. The van der Waals surface area contributed by atoms with Crippen LogP contribution in [-0.2, 0) is 6.54 Å². The molecule has 0 aliphatic carbocycles. The van der Waals surface area contributed by atoms with Gasteiger partial charge in [-0.3, -0.25) is 4.99 Å². The van der Waals surface area contributed by atoms with E-state index in [1.165, 1.54) is 0 Å². The fraction of sp³-hybridized carbons (Fsp3) is 0.0909. The SMILES string of the molecule is O=c1oc2ccccc2c2c1C=NC2. The van der Waals surface area contributed by atoms with Crippen molar-refractivity contribution in [1.82, 2.24) is 0 Å². The number of benzene rings is 1. The summed E-state index contributed by atoms with van der Waals surface area (Å²) in [4.78, 5) is 15.5. The molecular formula is C11H7NO2. The van der Waals surface area contributed by atoms with Gasteiger partial charge in [0.05, 0.1) is 12.1 Å². The summed E-state index contributed by atoms with van der Waals surface area (Å²) in [7, 11) is 0. The molecule has 0 amide bonds. The quantitative estimate of drug-likeness (QED) is 0.586. The zero-order valence-electron chi connectivity index (χ0n) is 7.36. The first-order chi connectivity index (χ1) is 6.86. The molecule has 0 spiro atoms. The third-order valence-corrected chi connectivity index (χ3v) is 2.43. The molecule has 0 saturated carbocycles. The smallest absolute Gasteiger partial charge is 0.345 e. The molecule has 1 aromatic heterocycles. The van der Waals surface area contributed by atoms with Crippen LogP contribution in [0.3, 0.4) is 0 Å². The molecule has 3 heteroatoms. The Bertz CT molecular complexity index is 596. The topological polar surface area (TPSA) is 42.6 Å². The molecule has 0 unspecified atom stereocenters. The molecule has 0 radical (unpaired) electrons. The van der Waals surface area contributed by atoms with Gasteiger partial charge in [0.1, 0.15) is 5.58 Å². The van der Waals surface area contributed by atoms with Gasteiger partial charge in [-0.1, -0.05) is 18.2 Å². The molecule has 3 rings (SSSR count). The van der Waals surface area contributed by atoms with Gasteiger partial charge in [-0.25, -0.2) is 4.79 Å². The van der Waals surface area contributed by atoms with Gasteiger partial charge in [0.25, 0.3) is 0 Å². The van der Waals surface area contributed by atoms with Gasteiger partial charge in [0.2, 0.25) is 0 Å². The lowest BCUT2D eigenvalue weighted by Crippen LogP contribution is -2.07. The van der Waals surface area contributed by atoms with E-state index in [1.807, 2.05) is 18.2 Å². The molecule has 1 aliphatic heterocycles. The van der Waals surface area contributed by atoms with Crippen LogP contribution in [0.15, 0.2) is 38.5 Å². The second-order valence-electron chi connectivity index (χ2n) is 3.25. The van der Waals surface area contributed by atoms with Gasteiger partial charge in [-0.2, -0.15) is 0 Å². The maximum atomic E-state index is 11.5. The number of aliphatic imine (C=N–C) groups is 1.